The number of azo groups is 1. The summed E-state index contributed by atoms with van der Waals surface area (Å²) >= 11 is 0. The van der Waals surface area contributed by atoms with Crippen LogP contribution in [0.3, 0.4) is 0 Å². The van der Waals surface area contributed by atoms with E-state index in [2.05, 4.69) is 20.3 Å². The Labute approximate surface area is 173 Å². The number of benzene rings is 2. The summed E-state index contributed by atoms with van der Waals surface area (Å²) in [6.45, 7) is 3.76. The van der Waals surface area contributed by atoms with Gasteiger partial charge in [0.15, 0.2) is 17.2 Å². The fourth-order valence-electron chi connectivity index (χ4n) is 3.17. The van der Waals surface area contributed by atoms with E-state index in [4.69, 9.17) is 10.5 Å². The molecular formula is C22H20N6O2. The molecule has 4 rings (SSSR count). The van der Waals surface area contributed by atoms with Gasteiger partial charge >= 0.3 is 5.97 Å². The number of aryl methyl sites for hydroxylation is 1. The second-order valence-corrected chi connectivity index (χ2v) is 6.51. The Bertz CT molecular complexity index is 1230. The van der Waals surface area contributed by atoms with Gasteiger partial charge in [0.1, 0.15) is 5.56 Å². The standard InChI is InChI=1S/C22H20N6O2/c1-3-30-22(29)17-14(2)24-21-18(26-25-16-12-8-5-9-13-16)20(23)27-28(21)19(17)15-10-6-4-7-11-15/h4-13H,3H2,1-2H3,(H2,23,27). The normalized spacial score (nSPS) is 11.3. The summed E-state index contributed by atoms with van der Waals surface area (Å²) in [5.74, 6) is -0.301. The molecule has 2 aromatic carbocycles. The summed E-state index contributed by atoms with van der Waals surface area (Å²) in [4.78, 5) is 17.3. The molecule has 0 aliphatic heterocycles. The molecule has 0 aliphatic carbocycles. The van der Waals surface area contributed by atoms with Crippen LogP contribution in [0.15, 0.2) is 70.9 Å². The molecule has 0 aliphatic rings. The van der Waals surface area contributed by atoms with Gasteiger partial charge in [-0.25, -0.2) is 14.3 Å². The highest BCUT2D eigenvalue weighted by Gasteiger charge is 2.25. The number of aromatic nitrogens is 3. The first-order chi connectivity index (χ1) is 14.6. The summed E-state index contributed by atoms with van der Waals surface area (Å²) in [6.07, 6.45) is 0. The van der Waals surface area contributed by atoms with Crippen molar-refractivity contribution in [2.75, 3.05) is 12.3 Å². The third kappa shape index (κ3) is 3.50. The first-order valence-electron chi connectivity index (χ1n) is 9.48. The average molecular weight is 400 g/mol. The second-order valence-electron chi connectivity index (χ2n) is 6.51. The van der Waals surface area contributed by atoms with E-state index in [1.165, 1.54) is 4.52 Å². The van der Waals surface area contributed by atoms with Crippen LogP contribution in [0.1, 0.15) is 23.0 Å². The van der Waals surface area contributed by atoms with E-state index in [0.29, 0.717) is 34.0 Å². The number of ether oxygens (including phenoxy) is 1. The molecule has 0 unspecified atom stereocenters. The molecule has 0 atom stereocenters. The number of hydrogen-bond donors (Lipinski definition) is 1. The van der Waals surface area contributed by atoms with E-state index < -0.39 is 5.97 Å². The number of hydrogen-bond acceptors (Lipinski definition) is 7. The summed E-state index contributed by atoms with van der Waals surface area (Å²) in [5.41, 5.74) is 9.76. The van der Waals surface area contributed by atoms with E-state index in [1.54, 1.807) is 13.8 Å². The molecule has 0 saturated carbocycles. The van der Waals surface area contributed by atoms with Crippen molar-refractivity contribution in [2.45, 2.75) is 13.8 Å². The van der Waals surface area contributed by atoms with Gasteiger partial charge in [0.25, 0.3) is 0 Å². The Morgan fingerprint density at radius 2 is 1.73 bits per heavy atom. The Hall–Kier alpha value is -4.07. The minimum Gasteiger partial charge on any atom is -0.462 e. The largest absolute Gasteiger partial charge is 0.462 e. The minimum atomic E-state index is -0.468. The monoisotopic (exact) mass is 400 g/mol. The first-order valence-corrected chi connectivity index (χ1v) is 9.48. The fourth-order valence-corrected chi connectivity index (χ4v) is 3.17. The molecule has 2 N–H and O–H groups in total. The lowest BCUT2D eigenvalue weighted by Gasteiger charge is -2.13. The topological polar surface area (TPSA) is 107 Å². The van der Waals surface area contributed by atoms with Crippen LogP contribution < -0.4 is 5.73 Å². The van der Waals surface area contributed by atoms with Crippen molar-refractivity contribution >= 4 is 28.8 Å². The van der Waals surface area contributed by atoms with Crippen LogP contribution in [-0.4, -0.2) is 27.2 Å². The van der Waals surface area contributed by atoms with Gasteiger partial charge in [-0.2, -0.15) is 5.11 Å². The quantitative estimate of drug-likeness (QED) is 0.379. The van der Waals surface area contributed by atoms with Crippen LogP contribution in [0.2, 0.25) is 0 Å². The molecule has 0 spiro atoms. The zero-order valence-corrected chi connectivity index (χ0v) is 16.6. The van der Waals surface area contributed by atoms with Crippen molar-refractivity contribution in [3.63, 3.8) is 0 Å². The van der Waals surface area contributed by atoms with Gasteiger partial charge in [-0.3, -0.25) is 0 Å². The smallest absolute Gasteiger partial charge is 0.342 e. The number of carbonyl (C=O) groups is 1. The van der Waals surface area contributed by atoms with Crippen LogP contribution in [-0.2, 0) is 4.74 Å². The van der Waals surface area contributed by atoms with E-state index in [-0.39, 0.29) is 12.4 Å². The van der Waals surface area contributed by atoms with E-state index in [9.17, 15) is 4.79 Å². The number of esters is 1. The van der Waals surface area contributed by atoms with Crippen molar-refractivity contribution in [3.8, 4) is 11.3 Å². The van der Waals surface area contributed by atoms with Gasteiger partial charge in [0, 0.05) is 5.56 Å². The SMILES string of the molecule is CCOC(=O)c1c(C)nc2c(N=Nc3ccccc3)c(N)nn2c1-c1ccccc1. The van der Waals surface area contributed by atoms with Crippen LogP contribution >= 0.6 is 0 Å². The maximum absolute atomic E-state index is 12.7. The number of nitrogen functional groups attached to an aromatic ring is 1. The Morgan fingerprint density at radius 1 is 1.07 bits per heavy atom. The maximum Gasteiger partial charge on any atom is 0.342 e. The number of rotatable bonds is 5. The van der Waals surface area contributed by atoms with Gasteiger partial charge in [-0.05, 0) is 26.0 Å². The number of nitrogens with zero attached hydrogens (tertiary/aromatic N) is 5. The fraction of sp³-hybridized carbons (Fsp3) is 0.136. The van der Waals surface area contributed by atoms with Gasteiger partial charge in [-0.1, -0.05) is 48.5 Å². The molecule has 0 radical (unpaired) electrons. The summed E-state index contributed by atoms with van der Waals surface area (Å²) < 4.78 is 6.80. The lowest BCUT2D eigenvalue weighted by molar-refractivity contribution is 0.0525. The number of fused-ring (bicyclic) bond motifs is 1. The van der Waals surface area contributed by atoms with Gasteiger partial charge < -0.3 is 10.5 Å². The van der Waals surface area contributed by atoms with Crippen molar-refractivity contribution in [1.82, 2.24) is 14.6 Å². The summed E-state index contributed by atoms with van der Waals surface area (Å²) in [5, 5.41) is 12.9. The second kappa shape index (κ2) is 8.12. The minimum absolute atomic E-state index is 0.166. The lowest BCUT2D eigenvalue weighted by atomic mass is 10.0. The third-order valence-electron chi connectivity index (χ3n) is 4.50. The molecule has 0 amide bonds. The Morgan fingerprint density at radius 3 is 2.40 bits per heavy atom. The van der Waals surface area contributed by atoms with Crippen molar-refractivity contribution in [3.05, 3.63) is 71.9 Å². The highest BCUT2D eigenvalue weighted by atomic mass is 16.5. The number of carbonyl (C=O) groups excluding carboxylic acids is 1. The van der Waals surface area contributed by atoms with E-state index in [0.717, 1.165) is 5.56 Å². The zero-order valence-electron chi connectivity index (χ0n) is 16.6. The van der Waals surface area contributed by atoms with E-state index in [1.807, 2.05) is 60.7 Å². The predicted molar refractivity (Wildman–Crippen MR) is 114 cm³/mol. The zero-order chi connectivity index (χ0) is 21.1. The molecule has 0 saturated heterocycles. The molecule has 4 aromatic rings. The molecule has 8 nitrogen and oxygen atoms in total. The van der Waals surface area contributed by atoms with Gasteiger partial charge in [0.05, 0.1) is 23.7 Å². The molecule has 150 valence electrons. The molecule has 0 bridgehead atoms. The van der Waals surface area contributed by atoms with Crippen LogP contribution in [0.4, 0.5) is 17.2 Å². The lowest BCUT2D eigenvalue weighted by Crippen LogP contribution is -2.14. The van der Waals surface area contributed by atoms with Gasteiger partial charge in [-0.15, -0.1) is 10.2 Å². The highest BCUT2D eigenvalue weighted by molar-refractivity contribution is 5.98. The van der Waals surface area contributed by atoms with Crippen molar-refractivity contribution < 1.29 is 9.53 Å². The molecule has 0 fully saturated rings. The summed E-state index contributed by atoms with van der Waals surface area (Å²) in [6, 6.07) is 18.7. The maximum atomic E-state index is 12.7. The average Bonchev–Trinajstić information content (AvgIpc) is 3.07. The van der Waals surface area contributed by atoms with E-state index >= 15 is 0 Å². The molecule has 30 heavy (non-hydrogen) atoms. The number of nitrogens with two attached hydrogens (primary N) is 1. The van der Waals surface area contributed by atoms with Crippen LogP contribution in [0.25, 0.3) is 16.9 Å². The Balaban J connectivity index is 1.97. The predicted octanol–water partition coefficient (Wildman–Crippen LogP) is 4.88. The molecule has 2 heterocycles. The molecule has 8 heteroatoms. The van der Waals surface area contributed by atoms with Crippen LogP contribution in [0, 0.1) is 6.92 Å². The number of anilines is 1. The van der Waals surface area contributed by atoms with Gasteiger partial charge in [0.2, 0.25) is 0 Å². The summed E-state index contributed by atoms with van der Waals surface area (Å²) in [7, 11) is 0. The first kappa shape index (κ1) is 19.3. The Kier molecular flexibility index (Phi) is 5.21. The van der Waals surface area contributed by atoms with Crippen LogP contribution in [0.5, 0.6) is 0 Å². The highest BCUT2D eigenvalue weighted by Crippen LogP contribution is 2.34. The third-order valence-corrected chi connectivity index (χ3v) is 4.50. The molecular weight excluding hydrogens is 380 g/mol. The van der Waals surface area contributed by atoms with Crippen molar-refractivity contribution in [2.24, 2.45) is 10.2 Å². The van der Waals surface area contributed by atoms with Crippen molar-refractivity contribution in [1.29, 1.82) is 0 Å². The molecule has 2 aromatic heterocycles.